The van der Waals surface area contributed by atoms with Crippen LogP contribution in [-0.2, 0) is 12.8 Å². The van der Waals surface area contributed by atoms with E-state index in [9.17, 15) is 0 Å². The molecular weight excluding hydrogens is 186 g/mol. The van der Waals surface area contributed by atoms with E-state index in [2.05, 4.69) is 32.0 Å². The van der Waals surface area contributed by atoms with Gasteiger partial charge < -0.3 is 10.5 Å². The van der Waals surface area contributed by atoms with Crippen LogP contribution >= 0.6 is 0 Å². The average molecular weight is 205 g/mol. The van der Waals surface area contributed by atoms with Crippen molar-refractivity contribution in [1.29, 1.82) is 0 Å². The van der Waals surface area contributed by atoms with Gasteiger partial charge in [0.1, 0.15) is 5.75 Å². The molecule has 1 aromatic carbocycles. The van der Waals surface area contributed by atoms with Crippen molar-refractivity contribution >= 4 is 0 Å². The molecule has 2 rings (SSSR count). The van der Waals surface area contributed by atoms with Crippen molar-refractivity contribution in [2.24, 2.45) is 11.7 Å². The van der Waals surface area contributed by atoms with Crippen molar-refractivity contribution in [2.45, 2.75) is 32.8 Å². The Balaban J connectivity index is 2.25. The molecule has 0 saturated heterocycles. The van der Waals surface area contributed by atoms with Gasteiger partial charge in [0.25, 0.3) is 0 Å². The number of nitrogens with two attached hydrogens (primary N) is 1. The van der Waals surface area contributed by atoms with E-state index in [4.69, 9.17) is 10.5 Å². The highest BCUT2D eigenvalue weighted by Crippen LogP contribution is 2.33. The Morgan fingerprint density at radius 1 is 1.40 bits per heavy atom. The molecule has 0 aliphatic heterocycles. The highest BCUT2D eigenvalue weighted by atomic mass is 16.5. The molecule has 0 fully saturated rings. The lowest BCUT2D eigenvalue weighted by molar-refractivity contribution is 0.240. The van der Waals surface area contributed by atoms with Crippen LogP contribution in [0.1, 0.15) is 25.0 Å². The van der Waals surface area contributed by atoms with E-state index in [0.29, 0.717) is 5.92 Å². The standard InChI is InChI=1S/C13H19NO/c1-9(2)15-13-5-3-4-11-6-10(8-14)7-12(11)13/h3-5,9-10H,6-8,14H2,1-2H3. The van der Waals surface area contributed by atoms with Gasteiger partial charge in [0.2, 0.25) is 0 Å². The molecule has 15 heavy (non-hydrogen) atoms. The van der Waals surface area contributed by atoms with Crippen molar-refractivity contribution in [3.63, 3.8) is 0 Å². The number of fused-ring (bicyclic) bond motifs is 1. The summed E-state index contributed by atoms with van der Waals surface area (Å²) in [5.74, 6) is 1.66. The Hall–Kier alpha value is -1.02. The van der Waals surface area contributed by atoms with E-state index >= 15 is 0 Å². The van der Waals surface area contributed by atoms with Crippen LogP contribution in [0.15, 0.2) is 18.2 Å². The molecule has 0 radical (unpaired) electrons. The van der Waals surface area contributed by atoms with Crippen LogP contribution in [0.5, 0.6) is 5.75 Å². The quantitative estimate of drug-likeness (QED) is 0.820. The van der Waals surface area contributed by atoms with Crippen molar-refractivity contribution in [1.82, 2.24) is 0 Å². The molecule has 82 valence electrons. The maximum absolute atomic E-state index is 5.81. The van der Waals surface area contributed by atoms with Gasteiger partial charge in [-0.3, -0.25) is 0 Å². The lowest BCUT2D eigenvalue weighted by Gasteiger charge is -2.13. The topological polar surface area (TPSA) is 35.2 Å². The first-order valence-corrected chi connectivity index (χ1v) is 5.68. The van der Waals surface area contributed by atoms with Gasteiger partial charge in [0.05, 0.1) is 6.10 Å². The Morgan fingerprint density at radius 2 is 2.20 bits per heavy atom. The Morgan fingerprint density at radius 3 is 2.87 bits per heavy atom. The molecule has 0 heterocycles. The molecule has 1 unspecified atom stereocenters. The van der Waals surface area contributed by atoms with Crippen LogP contribution in [-0.4, -0.2) is 12.6 Å². The van der Waals surface area contributed by atoms with Gasteiger partial charge in [-0.1, -0.05) is 12.1 Å². The third-order valence-electron chi connectivity index (χ3n) is 2.93. The third-order valence-corrected chi connectivity index (χ3v) is 2.93. The van der Waals surface area contributed by atoms with Crippen LogP contribution in [0.4, 0.5) is 0 Å². The van der Waals surface area contributed by atoms with Gasteiger partial charge in [0.15, 0.2) is 0 Å². The van der Waals surface area contributed by atoms with Crippen molar-refractivity contribution in [2.75, 3.05) is 6.54 Å². The maximum atomic E-state index is 5.81. The molecule has 1 aliphatic rings. The second kappa shape index (κ2) is 4.23. The summed E-state index contributed by atoms with van der Waals surface area (Å²) in [5, 5.41) is 0. The minimum absolute atomic E-state index is 0.244. The van der Waals surface area contributed by atoms with Crippen molar-refractivity contribution in [3.05, 3.63) is 29.3 Å². The zero-order valence-corrected chi connectivity index (χ0v) is 9.49. The molecule has 0 spiro atoms. The fraction of sp³-hybridized carbons (Fsp3) is 0.538. The Bertz CT molecular complexity index is 346. The summed E-state index contributed by atoms with van der Waals surface area (Å²) in [6, 6.07) is 6.34. The third kappa shape index (κ3) is 2.15. The minimum atomic E-state index is 0.244. The second-order valence-electron chi connectivity index (χ2n) is 4.57. The van der Waals surface area contributed by atoms with E-state index in [0.717, 1.165) is 25.1 Å². The van der Waals surface area contributed by atoms with Crippen LogP contribution in [0.3, 0.4) is 0 Å². The van der Waals surface area contributed by atoms with E-state index < -0.39 is 0 Å². The summed E-state index contributed by atoms with van der Waals surface area (Å²) in [5.41, 5.74) is 8.52. The molecule has 0 bridgehead atoms. The normalized spacial score (nSPS) is 19.3. The van der Waals surface area contributed by atoms with Gasteiger partial charge in [-0.25, -0.2) is 0 Å². The molecule has 1 atom stereocenters. The zero-order chi connectivity index (χ0) is 10.8. The first kappa shape index (κ1) is 10.5. The first-order valence-electron chi connectivity index (χ1n) is 5.68. The molecule has 2 heteroatoms. The fourth-order valence-electron chi connectivity index (χ4n) is 2.24. The van der Waals surface area contributed by atoms with Crippen LogP contribution in [0.2, 0.25) is 0 Å². The molecule has 0 amide bonds. The molecule has 2 nitrogen and oxygen atoms in total. The fourth-order valence-corrected chi connectivity index (χ4v) is 2.24. The van der Waals surface area contributed by atoms with Crippen LogP contribution < -0.4 is 10.5 Å². The van der Waals surface area contributed by atoms with E-state index in [1.54, 1.807) is 0 Å². The number of benzene rings is 1. The maximum Gasteiger partial charge on any atom is 0.123 e. The van der Waals surface area contributed by atoms with Gasteiger partial charge in [-0.15, -0.1) is 0 Å². The summed E-state index contributed by atoms with van der Waals surface area (Å²) in [6.45, 7) is 4.90. The minimum Gasteiger partial charge on any atom is -0.491 e. The molecule has 0 saturated carbocycles. The zero-order valence-electron chi connectivity index (χ0n) is 9.49. The molecule has 0 aromatic heterocycles. The van der Waals surface area contributed by atoms with Gasteiger partial charge >= 0.3 is 0 Å². The van der Waals surface area contributed by atoms with Crippen molar-refractivity contribution in [3.8, 4) is 5.75 Å². The lowest BCUT2D eigenvalue weighted by atomic mass is 10.1. The van der Waals surface area contributed by atoms with Crippen LogP contribution in [0, 0.1) is 5.92 Å². The van der Waals surface area contributed by atoms with Crippen LogP contribution in [0.25, 0.3) is 0 Å². The van der Waals surface area contributed by atoms with E-state index in [1.165, 1.54) is 11.1 Å². The Labute approximate surface area is 91.4 Å². The summed E-state index contributed by atoms with van der Waals surface area (Å²) in [4.78, 5) is 0. The average Bonchev–Trinajstić information content (AvgIpc) is 2.61. The van der Waals surface area contributed by atoms with Gasteiger partial charge in [0, 0.05) is 0 Å². The molecule has 1 aliphatic carbocycles. The highest BCUT2D eigenvalue weighted by Gasteiger charge is 2.23. The van der Waals surface area contributed by atoms with Gasteiger partial charge in [-0.2, -0.15) is 0 Å². The highest BCUT2D eigenvalue weighted by molar-refractivity contribution is 5.43. The van der Waals surface area contributed by atoms with E-state index in [-0.39, 0.29) is 6.10 Å². The first-order chi connectivity index (χ1) is 7.20. The number of ether oxygens (including phenoxy) is 1. The largest absolute Gasteiger partial charge is 0.491 e. The summed E-state index contributed by atoms with van der Waals surface area (Å²) >= 11 is 0. The Kier molecular flexibility index (Phi) is 2.96. The number of hydrogen-bond acceptors (Lipinski definition) is 2. The second-order valence-corrected chi connectivity index (χ2v) is 4.57. The molecular formula is C13H19NO. The van der Waals surface area contributed by atoms with Gasteiger partial charge in [-0.05, 0) is 56.3 Å². The SMILES string of the molecule is CC(C)Oc1cccc2c1CC(CN)C2. The smallest absolute Gasteiger partial charge is 0.123 e. The predicted molar refractivity (Wildman–Crippen MR) is 62.2 cm³/mol. The monoisotopic (exact) mass is 205 g/mol. The lowest BCUT2D eigenvalue weighted by Crippen LogP contribution is -2.14. The summed E-state index contributed by atoms with van der Waals surface area (Å²) in [6.07, 6.45) is 2.43. The number of hydrogen-bond donors (Lipinski definition) is 1. The predicted octanol–water partition coefficient (Wildman–Crippen LogP) is 2.15. The van der Waals surface area contributed by atoms with Crippen molar-refractivity contribution < 1.29 is 4.74 Å². The summed E-state index contributed by atoms with van der Waals surface area (Å²) in [7, 11) is 0. The van der Waals surface area contributed by atoms with E-state index in [1.807, 2.05) is 0 Å². The molecule has 1 aromatic rings. The molecule has 2 N–H and O–H groups in total. The summed E-state index contributed by atoms with van der Waals surface area (Å²) < 4.78 is 5.81. The number of rotatable bonds is 3.